The molecule has 6 nitrogen and oxygen atoms in total. The predicted octanol–water partition coefficient (Wildman–Crippen LogP) is 5.50. The molecule has 0 amide bonds. The van der Waals surface area contributed by atoms with E-state index in [1.54, 1.807) is 30.0 Å². The van der Waals surface area contributed by atoms with Crippen molar-refractivity contribution in [2.24, 2.45) is 7.05 Å². The van der Waals surface area contributed by atoms with E-state index in [2.05, 4.69) is 15.5 Å². The number of halogens is 4. The minimum Gasteiger partial charge on any atom is -0.361 e. The monoisotopic (exact) mass is 461 g/mol. The molecule has 2 aromatic carbocycles. The number of nitrogens with zero attached hydrogens (tertiary/aromatic N) is 4. The van der Waals surface area contributed by atoms with Gasteiger partial charge >= 0.3 is 11.9 Å². The Morgan fingerprint density at radius 2 is 1.70 bits per heavy atom. The fourth-order valence-corrected chi connectivity index (χ4v) is 4.13. The number of imidazole rings is 1. The summed E-state index contributed by atoms with van der Waals surface area (Å²) in [5.74, 6) is -1.04. The summed E-state index contributed by atoms with van der Waals surface area (Å²) in [5.41, 5.74) is 0.419. The van der Waals surface area contributed by atoms with Crippen molar-refractivity contribution in [3.8, 4) is 0 Å². The van der Waals surface area contributed by atoms with Gasteiger partial charge in [-0.25, -0.2) is 9.18 Å². The van der Waals surface area contributed by atoms with Gasteiger partial charge in [-0.05, 0) is 45.9 Å². The van der Waals surface area contributed by atoms with Gasteiger partial charge in [-0.1, -0.05) is 12.1 Å². The normalized spacial score (nSPS) is 13.3. The van der Waals surface area contributed by atoms with Crippen molar-refractivity contribution < 1.29 is 17.6 Å². The third kappa shape index (κ3) is 3.73. The van der Waals surface area contributed by atoms with Crippen LogP contribution in [0.15, 0.2) is 35.1 Å². The van der Waals surface area contributed by atoms with Gasteiger partial charge in [0.25, 0.3) is 0 Å². The molecule has 0 radical (unpaired) electrons. The number of aromatic nitrogens is 4. The Morgan fingerprint density at radius 3 is 2.33 bits per heavy atom. The third-order valence-corrected chi connectivity index (χ3v) is 5.84. The van der Waals surface area contributed by atoms with E-state index in [-0.39, 0.29) is 23.1 Å². The van der Waals surface area contributed by atoms with Gasteiger partial charge in [0.15, 0.2) is 5.82 Å². The van der Waals surface area contributed by atoms with E-state index >= 15 is 0 Å². The molecule has 4 rings (SSSR count). The maximum Gasteiger partial charge on any atom is 0.419 e. The quantitative estimate of drug-likeness (QED) is 0.408. The Morgan fingerprint density at radius 1 is 1.03 bits per heavy atom. The number of benzene rings is 2. The van der Waals surface area contributed by atoms with E-state index < -0.39 is 23.6 Å². The second kappa shape index (κ2) is 7.86. The van der Waals surface area contributed by atoms with E-state index in [1.807, 2.05) is 26.0 Å². The Bertz CT molecular complexity index is 1440. The average molecular weight is 461 g/mol. The molecule has 4 aromatic rings. The first-order chi connectivity index (χ1) is 15.4. The molecule has 0 saturated heterocycles. The van der Waals surface area contributed by atoms with Gasteiger partial charge in [0.05, 0.1) is 28.3 Å². The first kappa shape index (κ1) is 22.8. The molecule has 0 aliphatic heterocycles. The standard InChI is InChI=1S/C23H23F4N5O/c1-11(2)32-19-10-16-15(9-18(19)31(5)22(32)33)13(4)29-30-21(16)28-12(3)14-7-6-8-17(20(14)24)23(25,26)27/h6-12H,1-5H3,(H,28,30)/t12-/m1/s1. The molecule has 33 heavy (non-hydrogen) atoms. The zero-order valence-corrected chi connectivity index (χ0v) is 18.8. The number of fused-ring (bicyclic) bond motifs is 2. The maximum atomic E-state index is 14.7. The molecule has 0 saturated carbocycles. The van der Waals surface area contributed by atoms with Crippen LogP contribution in [0.2, 0.25) is 0 Å². The van der Waals surface area contributed by atoms with Crippen molar-refractivity contribution in [3.05, 3.63) is 63.5 Å². The highest BCUT2D eigenvalue weighted by Crippen LogP contribution is 2.35. The van der Waals surface area contributed by atoms with Crippen LogP contribution in [0.25, 0.3) is 21.8 Å². The summed E-state index contributed by atoms with van der Waals surface area (Å²) in [6, 6.07) is 5.92. The van der Waals surface area contributed by atoms with Gasteiger partial charge in [0, 0.05) is 29.4 Å². The lowest BCUT2D eigenvalue weighted by atomic mass is 10.0. The smallest absolute Gasteiger partial charge is 0.361 e. The molecule has 0 bridgehead atoms. The number of anilines is 1. The van der Waals surface area contributed by atoms with Crippen molar-refractivity contribution in [1.29, 1.82) is 0 Å². The lowest BCUT2D eigenvalue weighted by Crippen LogP contribution is -2.23. The molecule has 0 aliphatic carbocycles. The third-order valence-electron chi connectivity index (χ3n) is 5.84. The lowest BCUT2D eigenvalue weighted by Gasteiger charge is -2.19. The number of nitrogens with one attached hydrogen (secondary N) is 1. The molecule has 0 fully saturated rings. The summed E-state index contributed by atoms with van der Waals surface area (Å²) in [7, 11) is 1.69. The highest BCUT2D eigenvalue weighted by molar-refractivity contribution is 6.01. The van der Waals surface area contributed by atoms with Crippen LogP contribution in [0.1, 0.15) is 49.7 Å². The number of hydrogen-bond acceptors (Lipinski definition) is 4. The molecule has 2 aromatic heterocycles. The topological polar surface area (TPSA) is 64.7 Å². The fraction of sp³-hybridized carbons (Fsp3) is 0.348. The Balaban J connectivity index is 1.87. The zero-order chi connectivity index (χ0) is 24.2. The molecule has 1 atom stereocenters. The second-order valence-electron chi connectivity index (χ2n) is 8.40. The summed E-state index contributed by atoms with van der Waals surface area (Å²) in [4.78, 5) is 12.7. The van der Waals surface area contributed by atoms with E-state index in [0.29, 0.717) is 22.7 Å². The summed E-state index contributed by atoms with van der Waals surface area (Å²) < 4.78 is 57.3. The van der Waals surface area contributed by atoms with E-state index in [0.717, 1.165) is 10.9 Å². The van der Waals surface area contributed by atoms with Gasteiger partial charge in [0.2, 0.25) is 0 Å². The van der Waals surface area contributed by atoms with E-state index in [4.69, 9.17) is 0 Å². The van der Waals surface area contributed by atoms with Crippen molar-refractivity contribution >= 4 is 27.6 Å². The van der Waals surface area contributed by atoms with Crippen molar-refractivity contribution in [1.82, 2.24) is 19.3 Å². The van der Waals surface area contributed by atoms with Gasteiger partial charge in [-0.3, -0.25) is 9.13 Å². The van der Waals surface area contributed by atoms with Crippen LogP contribution in [0, 0.1) is 12.7 Å². The van der Waals surface area contributed by atoms with E-state index in [1.165, 1.54) is 12.1 Å². The Kier molecular flexibility index (Phi) is 5.42. The first-order valence-electron chi connectivity index (χ1n) is 10.4. The zero-order valence-electron chi connectivity index (χ0n) is 18.8. The summed E-state index contributed by atoms with van der Waals surface area (Å²) >= 11 is 0. The Labute approximate surface area is 186 Å². The molecule has 0 aliphatic rings. The summed E-state index contributed by atoms with van der Waals surface area (Å²) in [5, 5.41) is 12.7. The largest absolute Gasteiger partial charge is 0.419 e. The molecule has 2 heterocycles. The number of alkyl halides is 3. The molecule has 0 spiro atoms. The van der Waals surface area contributed by atoms with Crippen LogP contribution >= 0.6 is 0 Å². The minimum atomic E-state index is -4.80. The molecular formula is C23H23F4N5O. The number of rotatable bonds is 4. The minimum absolute atomic E-state index is 0.0934. The summed E-state index contributed by atoms with van der Waals surface area (Å²) in [6.07, 6.45) is -4.80. The molecule has 10 heteroatoms. The molecule has 0 unspecified atom stereocenters. The van der Waals surface area contributed by atoms with Crippen LogP contribution < -0.4 is 11.0 Å². The highest BCUT2D eigenvalue weighted by Gasteiger charge is 2.35. The van der Waals surface area contributed by atoms with Crippen molar-refractivity contribution in [2.75, 3.05) is 5.32 Å². The lowest BCUT2D eigenvalue weighted by molar-refractivity contribution is -0.140. The summed E-state index contributed by atoms with van der Waals surface area (Å²) in [6.45, 7) is 7.13. The highest BCUT2D eigenvalue weighted by atomic mass is 19.4. The molecular weight excluding hydrogens is 438 g/mol. The van der Waals surface area contributed by atoms with Crippen molar-refractivity contribution in [3.63, 3.8) is 0 Å². The first-order valence-corrected chi connectivity index (χ1v) is 10.4. The average Bonchev–Trinajstić information content (AvgIpc) is 2.98. The number of hydrogen-bond donors (Lipinski definition) is 1. The number of aryl methyl sites for hydroxylation is 2. The maximum absolute atomic E-state index is 14.7. The predicted molar refractivity (Wildman–Crippen MR) is 119 cm³/mol. The second-order valence-corrected chi connectivity index (χ2v) is 8.40. The van der Waals surface area contributed by atoms with Gasteiger partial charge in [-0.2, -0.15) is 18.3 Å². The van der Waals surface area contributed by atoms with Crippen LogP contribution in [-0.4, -0.2) is 19.3 Å². The molecule has 1 N–H and O–H groups in total. The van der Waals surface area contributed by atoms with E-state index in [9.17, 15) is 22.4 Å². The van der Waals surface area contributed by atoms with Crippen LogP contribution in [-0.2, 0) is 13.2 Å². The molecule has 174 valence electrons. The fourth-order valence-electron chi connectivity index (χ4n) is 4.13. The van der Waals surface area contributed by atoms with Crippen LogP contribution in [0.4, 0.5) is 23.4 Å². The Hall–Kier alpha value is -3.43. The van der Waals surface area contributed by atoms with Crippen LogP contribution in [0.5, 0.6) is 0 Å². The SMILES string of the molecule is Cc1nnc(N[C@H](C)c2cccc(C(F)(F)F)c2F)c2cc3c(cc12)n(C)c(=O)n3C(C)C. The van der Waals surface area contributed by atoms with Crippen molar-refractivity contribution in [2.45, 2.75) is 46.0 Å². The van der Waals surface area contributed by atoms with Gasteiger partial charge in [0.1, 0.15) is 5.82 Å². The van der Waals surface area contributed by atoms with Gasteiger partial charge < -0.3 is 5.32 Å². The van der Waals surface area contributed by atoms with Gasteiger partial charge in [-0.15, -0.1) is 5.10 Å². The van der Waals surface area contributed by atoms with Crippen LogP contribution in [0.3, 0.4) is 0 Å².